The smallest absolute Gasteiger partial charge is 0.321 e. The van der Waals surface area contributed by atoms with Gasteiger partial charge in [-0.3, -0.25) is 10.1 Å². The van der Waals surface area contributed by atoms with Gasteiger partial charge >= 0.3 is 6.03 Å². The van der Waals surface area contributed by atoms with Crippen molar-refractivity contribution in [2.24, 2.45) is 0 Å². The highest BCUT2D eigenvalue weighted by Gasteiger charge is 2.32. The van der Waals surface area contributed by atoms with E-state index in [9.17, 15) is 9.59 Å². The summed E-state index contributed by atoms with van der Waals surface area (Å²) in [5.41, 5.74) is 1.72. The highest BCUT2D eigenvalue weighted by molar-refractivity contribution is 8.00. The Kier molecular flexibility index (Phi) is 5.62. The standard InChI is InChI=1S/C21H21N5O2S/c1-22-20(28)24-19(27)17(14-8-4-2-5-9-14)29-21-23-18(15-12-13-15)26(25-21)16-10-6-3-7-11-16/h2-11,15,17H,12-13H2,1H3,(H2,22,24,27,28)/t17-/m0/s1. The molecule has 1 saturated carbocycles. The molecule has 7 nitrogen and oxygen atoms in total. The highest BCUT2D eigenvalue weighted by Crippen LogP contribution is 2.42. The van der Waals surface area contributed by atoms with E-state index < -0.39 is 17.2 Å². The van der Waals surface area contributed by atoms with Gasteiger partial charge in [-0.1, -0.05) is 60.3 Å². The Labute approximate surface area is 172 Å². The van der Waals surface area contributed by atoms with E-state index in [-0.39, 0.29) is 0 Å². The van der Waals surface area contributed by atoms with Gasteiger partial charge in [-0.05, 0) is 30.5 Å². The molecule has 4 rings (SSSR count). The van der Waals surface area contributed by atoms with Crippen molar-refractivity contribution in [3.8, 4) is 5.69 Å². The van der Waals surface area contributed by atoms with Crippen LogP contribution in [0.2, 0.25) is 0 Å². The Morgan fingerprint density at radius 2 is 1.72 bits per heavy atom. The van der Waals surface area contributed by atoms with Gasteiger partial charge in [0.25, 0.3) is 0 Å². The van der Waals surface area contributed by atoms with E-state index >= 15 is 0 Å². The quantitative estimate of drug-likeness (QED) is 0.611. The minimum atomic E-state index is -0.646. The highest BCUT2D eigenvalue weighted by atomic mass is 32.2. The Morgan fingerprint density at radius 1 is 1.07 bits per heavy atom. The first-order valence-corrected chi connectivity index (χ1v) is 10.3. The summed E-state index contributed by atoms with van der Waals surface area (Å²) in [5, 5.41) is 9.31. The maximum Gasteiger partial charge on any atom is 0.321 e. The molecule has 1 aliphatic carbocycles. The minimum absolute atomic E-state index is 0.395. The molecule has 1 atom stereocenters. The van der Waals surface area contributed by atoms with Crippen LogP contribution in [0.25, 0.3) is 5.69 Å². The van der Waals surface area contributed by atoms with Crippen LogP contribution in [0.15, 0.2) is 65.8 Å². The zero-order valence-electron chi connectivity index (χ0n) is 15.9. The molecule has 8 heteroatoms. The lowest BCUT2D eigenvalue weighted by Gasteiger charge is -2.14. The van der Waals surface area contributed by atoms with Crippen LogP contribution in [-0.4, -0.2) is 33.8 Å². The van der Waals surface area contributed by atoms with Crippen molar-refractivity contribution in [3.63, 3.8) is 0 Å². The molecule has 0 saturated heterocycles. The van der Waals surface area contributed by atoms with E-state index in [4.69, 9.17) is 4.98 Å². The summed E-state index contributed by atoms with van der Waals surface area (Å²) in [4.78, 5) is 29.2. The SMILES string of the molecule is CNC(=O)NC(=O)[C@@H](Sc1nc(C2CC2)n(-c2ccccc2)n1)c1ccccc1. The van der Waals surface area contributed by atoms with Gasteiger partial charge in [0.2, 0.25) is 11.1 Å². The number of carbonyl (C=O) groups excluding carboxylic acids is 2. The van der Waals surface area contributed by atoms with Crippen LogP contribution >= 0.6 is 11.8 Å². The van der Waals surface area contributed by atoms with E-state index in [1.54, 1.807) is 0 Å². The Hall–Kier alpha value is -3.13. The van der Waals surface area contributed by atoms with Gasteiger partial charge in [0, 0.05) is 13.0 Å². The molecule has 3 amide bonds. The largest absolute Gasteiger partial charge is 0.341 e. The van der Waals surface area contributed by atoms with E-state index in [1.807, 2.05) is 65.3 Å². The fourth-order valence-corrected chi connectivity index (χ4v) is 3.91. The van der Waals surface area contributed by atoms with Crippen molar-refractivity contribution in [3.05, 3.63) is 72.1 Å². The lowest BCUT2D eigenvalue weighted by atomic mass is 10.1. The predicted octanol–water partition coefficient (Wildman–Crippen LogP) is 3.43. The second kappa shape index (κ2) is 8.48. The number of para-hydroxylation sites is 1. The topological polar surface area (TPSA) is 88.9 Å². The molecule has 0 unspecified atom stereocenters. The zero-order valence-corrected chi connectivity index (χ0v) is 16.7. The van der Waals surface area contributed by atoms with Crippen LogP contribution < -0.4 is 10.6 Å². The number of urea groups is 1. The number of hydrogen-bond acceptors (Lipinski definition) is 5. The van der Waals surface area contributed by atoms with Crippen molar-refractivity contribution in [2.75, 3.05) is 7.05 Å². The molecule has 1 aliphatic rings. The van der Waals surface area contributed by atoms with E-state index in [0.29, 0.717) is 11.1 Å². The van der Waals surface area contributed by atoms with Crippen molar-refractivity contribution in [2.45, 2.75) is 29.2 Å². The second-order valence-corrected chi connectivity index (χ2v) is 7.82. The van der Waals surface area contributed by atoms with Crippen molar-refractivity contribution in [1.82, 2.24) is 25.4 Å². The maximum atomic E-state index is 12.8. The van der Waals surface area contributed by atoms with Crippen molar-refractivity contribution in [1.29, 1.82) is 0 Å². The average molecular weight is 407 g/mol. The van der Waals surface area contributed by atoms with Gasteiger partial charge in [0.15, 0.2) is 0 Å². The molecule has 2 aromatic carbocycles. The molecule has 3 aromatic rings. The predicted molar refractivity (Wildman–Crippen MR) is 111 cm³/mol. The van der Waals surface area contributed by atoms with E-state index in [1.165, 1.54) is 18.8 Å². The monoisotopic (exact) mass is 407 g/mol. The molecule has 0 aliphatic heterocycles. The molecule has 2 N–H and O–H groups in total. The molecule has 1 aromatic heterocycles. The fraction of sp³-hybridized carbons (Fsp3) is 0.238. The van der Waals surface area contributed by atoms with Crippen LogP contribution in [0.1, 0.15) is 35.4 Å². The Balaban J connectivity index is 1.65. The summed E-state index contributed by atoms with van der Waals surface area (Å²) in [6.45, 7) is 0. The number of benzene rings is 2. The zero-order chi connectivity index (χ0) is 20.2. The molecule has 0 bridgehead atoms. The first-order chi connectivity index (χ1) is 14.2. The number of nitrogens with zero attached hydrogens (tertiary/aromatic N) is 3. The summed E-state index contributed by atoms with van der Waals surface area (Å²) in [5.74, 6) is 0.897. The van der Waals surface area contributed by atoms with Crippen LogP contribution in [0, 0.1) is 0 Å². The maximum absolute atomic E-state index is 12.8. The third-order valence-electron chi connectivity index (χ3n) is 4.58. The second-order valence-electron chi connectivity index (χ2n) is 6.75. The number of imide groups is 1. The van der Waals surface area contributed by atoms with Gasteiger partial charge in [-0.15, -0.1) is 5.10 Å². The Morgan fingerprint density at radius 3 is 2.34 bits per heavy atom. The first kappa shape index (κ1) is 19.2. The van der Waals surface area contributed by atoms with Gasteiger partial charge < -0.3 is 5.32 Å². The molecule has 29 heavy (non-hydrogen) atoms. The molecular formula is C21H21N5O2S. The number of aromatic nitrogens is 3. The lowest BCUT2D eigenvalue weighted by molar-refractivity contribution is -0.119. The molecule has 1 heterocycles. The summed E-state index contributed by atoms with van der Waals surface area (Å²) < 4.78 is 1.86. The molecule has 0 radical (unpaired) electrons. The molecule has 0 spiro atoms. The number of thioether (sulfide) groups is 1. The fourth-order valence-electron chi connectivity index (χ4n) is 2.97. The number of amides is 3. The van der Waals surface area contributed by atoms with Gasteiger partial charge in [0.05, 0.1) is 5.69 Å². The van der Waals surface area contributed by atoms with Crippen LogP contribution in [0.5, 0.6) is 0 Å². The van der Waals surface area contributed by atoms with Gasteiger partial charge in [-0.2, -0.15) is 0 Å². The van der Waals surface area contributed by atoms with E-state index in [2.05, 4.69) is 15.7 Å². The van der Waals surface area contributed by atoms with Crippen molar-refractivity contribution < 1.29 is 9.59 Å². The van der Waals surface area contributed by atoms with Crippen LogP contribution in [0.4, 0.5) is 4.79 Å². The molecular weight excluding hydrogens is 386 g/mol. The number of nitrogens with one attached hydrogen (secondary N) is 2. The van der Waals surface area contributed by atoms with E-state index in [0.717, 1.165) is 29.9 Å². The number of hydrogen-bond donors (Lipinski definition) is 2. The first-order valence-electron chi connectivity index (χ1n) is 9.42. The summed E-state index contributed by atoms with van der Waals surface area (Å²) in [7, 11) is 1.47. The molecule has 148 valence electrons. The van der Waals surface area contributed by atoms with Gasteiger partial charge in [0.1, 0.15) is 11.1 Å². The van der Waals surface area contributed by atoms with Gasteiger partial charge in [-0.25, -0.2) is 14.5 Å². The van der Waals surface area contributed by atoms with Crippen molar-refractivity contribution >= 4 is 23.7 Å². The minimum Gasteiger partial charge on any atom is -0.341 e. The lowest BCUT2D eigenvalue weighted by Crippen LogP contribution is -2.39. The summed E-state index contributed by atoms with van der Waals surface area (Å²) in [6.07, 6.45) is 2.18. The summed E-state index contributed by atoms with van der Waals surface area (Å²) in [6, 6.07) is 18.6. The Bertz CT molecular complexity index is 1000. The summed E-state index contributed by atoms with van der Waals surface area (Å²) >= 11 is 1.24. The number of rotatable bonds is 6. The third kappa shape index (κ3) is 4.48. The average Bonchev–Trinajstić information content (AvgIpc) is 3.52. The van der Waals surface area contributed by atoms with Crippen LogP contribution in [0.3, 0.4) is 0 Å². The third-order valence-corrected chi connectivity index (χ3v) is 5.69. The normalized spacial score (nSPS) is 14.2. The molecule has 1 fully saturated rings. The number of carbonyl (C=O) groups is 2. The van der Waals surface area contributed by atoms with Crippen LogP contribution in [-0.2, 0) is 4.79 Å².